The fourth-order valence-corrected chi connectivity index (χ4v) is 5.03. The third kappa shape index (κ3) is 4.10. The van der Waals surface area contributed by atoms with E-state index in [1.54, 1.807) is 6.92 Å². The number of nitrogens with one attached hydrogen (secondary N) is 1. The molecule has 0 unspecified atom stereocenters. The lowest BCUT2D eigenvalue weighted by Gasteiger charge is -2.33. The fraction of sp³-hybridized carbons (Fsp3) is 0.762. The second kappa shape index (κ2) is 8.13. The summed E-state index contributed by atoms with van der Waals surface area (Å²) in [4.78, 5) is 26.0. The number of hydrogen-bond acceptors (Lipinski definition) is 5. The van der Waals surface area contributed by atoms with Crippen molar-refractivity contribution >= 4 is 11.7 Å². The van der Waals surface area contributed by atoms with Crippen molar-refractivity contribution in [3.05, 3.63) is 17.1 Å². The van der Waals surface area contributed by atoms with Gasteiger partial charge in [0.1, 0.15) is 11.6 Å². The highest BCUT2D eigenvalue weighted by Crippen LogP contribution is 2.31. The van der Waals surface area contributed by atoms with E-state index in [2.05, 4.69) is 10.2 Å². The summed E-state index contributed by atoms with van der Waals surface area (Å²) in [6.07, 6.45) is 8.99. The Labute approximate surface area is 162 Å². The van der Waals surface area contributed by atoms with Gasteiger partial charge in [0.2, 0.25) is 5.91 Å². The molecule has 3 heterocycles. The Bertz CT molecular complexity index is 668. The summed E-state index contributed by atoms with van der Waals surface area (Å²) in [6, 6.07) is 0. The molecule has 0 aromatic carbocycles. The number of anilines is 1. The molecule has 27 heavy (non-hydrogen) atoms. The van der Waals surface area contributed by atoms with Crippen LogP contribution in [0.3, 0.4) is 0 Å². The highest BCUT2D eigenvalue weighted by molar-refractivity contribution is 5.73. The molecule has 3 aliphatic rings. The summed E-state index contributed by atoms with van der Waals surface area (Å²) >= 11 is 0. The molecule has 0 radical (unpaired) electrons. The van der Waals surface area contributed by atoms with E-state index in [1.165, 1.54) is 49.9 Å². The van der Waals surface area contributed by atoms with E-state index < -0.39 is 0 Å². The third-order valence-electron chi connectivity index (χ3n) is 6.63. The first-order valence-electron chi connectivity index (χ1n) is 10.7. The molecule has 1 N–H and O–H groups in total. The van der Waals surface area contributed by atoms with Crippen LogP contribution in [0.25, 0.3) is 0 Å². The molecular weight excluding hydrogens is 338 g/mol. The smallest absolute Gasteiger partial charge is 0.219 e. The quantitative estimate of drug-likeness (QED) is 0.882. The van der Waals surface area contributed by atoms with Crippen molar-refractivity contribution in [3.63, 3.8) is 0 Å². The van der Waals surface area contributed by atoms with Gasteiger partial charge in [-0.1, -0.05) is 19.3 Å². The third-order valence-corrected chi connectivity index (χ3v) is 6.63. The van der Waals surface area contributed by atoms with E-state index in [4.69, 9.17) is 9.97 Å². The summed E-state index contributed by atoms with van der Waals surface area (Å²) in [5, 5.41) is 3.32. The Morgan fingerprint density at radius 2 is 1.96 bits per heavy atom. The molecule has 1 atom stereocenters. The predicted octanol–water partition coefficient (Wildman–Crippen LogP) is 2.79. The van der Waals surface area contributed by atoms with Gasteiger partial charge in [0.15, 0.2) is 0 Å². The summed E-state index contributed by atoms with van der Waals surface area (Å²) in [5.74, 6) is 3.20. The summed E-state index contributed by atoms with van der Waals surface area (Å²) in [6.45, 7) is 6.52. The second-order valence-electron chi connectivity index (χ2n) is 8.55. The van der Waals surface area contributed by atoms with Crippen LogP contribution in [0.5, 0.6) is 0 Å². The topological polar surface area (TPSA) is 61.4 Å². The molecule has 2 aliphatic heterocycles. The maximum atomic E-state index is 11.6. The van der Waals surface area contributed by atoms with Crippen LogP contribution in [-0.4, -0.2) is 58.9 Å². The molecule has 1 aliphatic carbocycles. The van der Waals surface area contributed by atoms with Crippen molar-refractivity contribution < 1.29 is 4.79 Å². The average molecular weight is 372 g/mol. The van der Waals surface area contributed by atoms with E-state index in [-0.39, 0.29) is 11.8 Å². The van der Waals surface area contributed by atoms with Crippen LogP contribution in [0.2, 0.25) is 0 Å². The Morgan fingerprint density at radius 1 is 1.15 bits per heavy atom. The molecule has 2 fully saturated rings. The zero-order valence-corrected chi connectivity index (χ0v) is 16.8. The Balaban J connectivity index is 1.48. The molecule has 0 spiro atoms. The van der Waals surface area contributed by atoms with Crippen LogP contribution in [-0.2, 0) is 17.8 Å². The van der Waals surface area contributed by atoms with E-state index in [0.29, 0.717) is 0 Å². The first kappa shape index (κ1) is 18.7. The summed E-state index contributed by atoms with van der Waals surface area (Å²) < 4.78 is 0. The van der Waals surface area contributed by atoms with Crippen LogP contribution in [0, 0.1) is 5.92 Å². The minimum absolute atomic E-state index is 0.155. The molecule has 148 valence electrons. The molecular formula is C21H33N5O. The van der Waals surface area contributed by atoms with Crippen molar-refractivity contribution in [2.45, 2.75) is 64.3 Å². The Kier molecular flexibility index (Phi) is 5.62. The summed E-state index contributed by atoms with van der Waals surface area (Å²) in [5.41, 5.74) is 2.50. The minimum atomic E-state index is 0.155. The Hall–Kier alpha value is -1.69. The molecule has 1 amide bonds. The molecule has 0 bridgehead atoms. The number of rotatable bonds is 4. The summed E-state index contributed by atoms with van der Waals surface area (Å²) in [7, 11) is 1.96. The molecule has 1 saturated heterocycles. The van der Waals surface area contributed by atoms with Gasteiger partial charge >= 0.3 is 0 Å². The van der Waals surface area contributed by atoms with Gasteiger partial charge in [-0.2, -0.15) is 0 Å². The highest BCUT2D eigenvalue weighted by Gasteiger charge is 2.30. The minimum Gasteiger partial charge on any atom is -0.373 e. The van der Waals surface area contributed by atoms with E-state index in [1.807, 2.05) is 11.9 Å². The van der Waals surface area contributed by atoms with Gasteiger partial charge in [-0.05, 0) is 25.2 Å². The molecule has 1 aromatic heterocycles. The number of nitrogens with zero attached hydrogens (tertiary/aromatic N) is 4. The number of aromatic nitrogens is 2. The van der Waals surface area contributed by atoms with Crippen LogP contribution in [0.4, 0.5) is 5.82 Å². The fourth-order valence-electron chi connectivity index (χ4n) is 5.03. The molecule has 6 nitrogen and oxygen atoms in total. The SMILES string of the molecule is CNc1nc([C@@H]2CCN(C(C)=O)C2)nc2c1CN(CC1CCCCC1)CC2. The first-order chi connectivity index (χ1) is 13.1. The lowest BCUT2D eigenvalue weighted by atomic mass is 9.88. The molecule has 6 heteroatoms. The first-order valence-corrected chi connectivity index (χ1v) is 10.7. The number of hydrogen-bond donors (Lipinski definition) is 1. The van der Waals surface area contributed by atoms with Crippen molar-refractivity contribution in [2.75, 3.05) is 38.5 Å². The van der Waals surface area contributed by atoms with E-state index in [0.717, 1.165) is 56.6 Å². The van der Waals surface area contributed by atoms with Gasteiger partial charge in [-0.3, -0.25) is 9.69 Å². The second-order valence-corrected chi connectivity index (χ2v) is 8.55. The Morgan fingerprint density at radius 3 is 2.67 bits per heavy atom. The monoisotopic (exact) mass is 371 g/mol. The standard InChI is InChI=1S/C21H33N5O/c1-15(27)26-11-8-17(13-26)20-23-19-9-10-25(12-16-6-4-3-5-7-16)14-18(19)21(22-2)24-20/h16-17H,3-14H2,1-2H3,(H,22,23,24)/t17-/m1/s1. The highest BCUT2D eigenvalue weighted by atomic mass is 16.2. The lowest BCUT2D eigenvalue weighted by Crippen LogP contribution is -2.36. The number of carbonyl (C=O) groups excluding carboxylic acids is 1. The zero-order chi connectivity index (χ0) is 18.8. The molecule has 1 saturated carbocycles. The lowest BCUT2D eigenvalue weighted by molar-refractivity contribution is -0.127. The average Bonchev–Trinajstić information content (AvgIpc) is 3.18. The van der Waals surface area contributed by atoms with Gasteiger partial charge in [0.25, 0.3) is 0 Å². The number of fused-ring (bicyclic) bond motifs is 1. The van der Waals surface area contributed by atoms with E-state index in [9.17, 15) is 4.79 Å². The number of carbonyl (C=O) groups is 1. The van der Waals surface area contributed by atoms with Crippen molar-refractivity contribution in [2.24, 2.45) is 5.92 Å². The maximum Gasteiger partial charge on any atom is 0.219 e. The molecule has 4 rings (SSSR count). The van der Waals surface area contributed by atoms with Crippen molar-refractivity contribution in [1.29, 1.82) is 0 Å². The predicted molar refractivity (Wildman–Crippen MR) is 107 cm³/mol. The van der Waals surface area contributed by atoms with Crippen LogP contribution in [0.15, 0.2) is 0 Å². The molecule has 1 aromatic rings. The largest absolute Gasteiger partial charge is 0.373 e. The van der Waals surface area contributed by atoms with Crippen LogP contribution in [0.1, 0.15) is 68.4 Å². The van der Waals surface area contributed by atoms with E-state index >= 15 is 0 Å². The van der Waals surface area contributed by atoms with Crippen LogP contribution >= 0.6 is 0 Å². The van der Waals surface area contributed by atoms with Crippen molar-refractivity contribution in [3.8, 4) is 0 Å². The number of amides is 1. The van der Waals surface area contributed by atoms with Crippen LogP contribution < -0.4 is 5.32 Å². The maximum absolute atomic E-state index is 11.6. The van der Waals surface area contributed by atoms with Gasteiger partial charge in [-0.25, -0.2) is 9.97 Å². The van der Waals surface area contributed by atoms with Gasteiger partial charge in [0, 0.05) is 64.6 Å². The number of likely N-dealkylation sites (tertiary alicyclic amines) is 1. The van der Waals surface area contributed by atoms with Crippen molar-refractivity contribution in [1.82, 2.24) is 19.8 Å². The van der Waals surface area contributed by atoms with Gasteiger partial charge < -0.3 is 10.2 Å². The normalized spacial score (nSPS) is 24.1. The van der Waals surface area contributed by atoms with Gasteiger partial charge in [-0.15, -0.1) is 0 Å². The van der Waals surface area contributed by atoms with Gasteiger partial charge in [0.05, 0.1) is 5.69 Å². The zero-order valence-electron chi connectivity index (χ0n) is 16.8.